The van der Waals surface area contributed by atoms with Gasteiger partial charge in [0.1, 0.15) is 24.1 Å². The van der Waals surface area contributed by atoms with Gasteiger partial charge in [-0.15, -0.1) is 0 Å². The van der Waals surface area contributed by atoms with Crippen molar-refractivity contribution in [2.75, 3.05) is 6.61 Å². The fraction of sp³-hybridized carbons (Fsp3) is 0.353. The van der Waals surface area contributed by atoms with E-state index < -0.39 is 17.2 Å². The van der Waals surface area contributed by atoms with E-state index in [9.17, 15) is 9.90 Å². The summed E-state index contributed by atoms with van der Waals surface area (Å²) in [5.74, 6) is -0.305. The third-order valence-corrected chi connectivity index (χ3v) is 3.65. The Balaban J connectivity index is 2.38. The number of furan rings is 1. The van der Waals surface area contributed by atoms with Crippen molar-refractivity contribution in [3.63, 3.8) is 0 Å². The lowest BCUT2D eigenvalue weighted by atomic mass is 9.87. The van der Waals surface area contributed by atoms with Gasteiger partial charge in [-0.05, 0) is 32.9 Å². The van der Waals surface area contributed by atoms with E-state index in [0.29, 0.717) is 11.3 Å². The highest BCUT2D eigenvalue weighted by molar-refractivity contribution is 5.86. The Hall–Kier alpha value is -2.27. The van der Waals surface area contributed by atoms with Crippen LogP contribution in [-0.4, -0.2) is 28.9 Å². The number of rotatable bonds is 6. The highest BCUT2D eigenvalue weighted by Gasteiger charge is 2.51. The van der Waals surface area contributed by atoms with Gasteiger partial charge in [-0.2, -0.15) is 0 Å². The Morgan fingerprint density at radius 3 is 2.68 bits per heavy atom. The van der Waals surface area contributed by atoms with Crippen LogP contribution in [0.25, 0.3) is 11.0 Å². The van der Waals surface area contributed by atoms with Crippen molar-refractivity contribution in [1.82, 2.24) is 0 Å². The summed E-state index contributed by atoms with van der Waals surface area (Å²) >= 11 is 0. The van der Waals surface area contributed by atoms with E-state index in [1.165, 1.54) is 33.1 Å². The number of fused-ring (bicyclic) bond motifs is 1. The molecule has 22 heavy (non-hydrogen) atoms. The summed E-state index contributed by atoms with van der Waals surface area (Å²) < 4.78 is 16.3. The minimum absolute atomic E-state index is 0.0417. The number of aliphatic hydroxyl groups is 1. The molecule has 0 aliphatic carbocycles. The number of hydrogen-bond acceptors (Lipinski definition) is 5. The van der Waals surface area contributed by atoms with Gasteiger partial charge in [-0.25, -0.2) is 4.79 Å². The molecule has 0 fully saturated rings. The molecular weight excluding hydrogens is 284 g/mol. The number of carbonyl (C=O) groups excluding carboxylic acids is 1. The van der Waals surface area contributed by atoms with Gasteiger partial charge in [0.25, 0.3) is 0 Å². The molecule has 5 nitrogen and oxygen atoms in total. The molecule has 0 bridgehead atoms. The third-order valence-electron chi connectivity index (χ3n) is 3.65. The van der Waals surface area contributed by atoms with E-state index >= 15 is 0 Å². The van der Waals surface area contributed by atoms with Crippen LogP contribution in [-0.2, 0) is 9.53 Å². The maximum absolute atomic E-state index is 12.3. The molecule has 1 unspecified atom stereocenters. The van der Waals surface area contributed by atoms with E-state index in [1.807, 2.05) is 18.2 Å². The number of ether oxygens (including phenoxy) is 2. The topological polar surface area (TPSA) is 68.9 Å². The van der Waals surface area contributed by atoms with Gasteiger partial charge < -0.3 is 19.0 Å². The molecule has 0 radical (unpaired) electrons. The summed E-state index contributed by atoms with van der Waals surface area (Å²) in [6.07, 6.45) is 2.87. The summed E-state index contributed by atoms with van der Waals surface area (Å²) in [5.41, 5.74) is -2.43. The second kappa shape index (κ2) is 5.85. The van der Waals surface area contributed by atoms with Gasteiger partial charge in [-0.3, -0.25) is 0 Å². The first-order chi connectivity index (χ1) is 10.3. The van der Waals surface area contributed by atoms with Gasteiger partial charge in [0.2, 0.25) is 5.60 Å². The molecule has 0 aliphatic heterocycles. The van der Waals surface area contributed by atoms with E-state index in [2.05, 4.69) is 6.58 Å². The van der Waals surface area contributed by atoms with Crippen molar-refractivity contribution < 1.29 is 23.8 Å². The average molecular weight is 304 g/mol. The van der Waals surface area contributed by atoms with Crippen LogP contribution in [0.3, 0.4) is 0 Å². The zero-order valence-electron chi connectivity index (χ0n) is 13.0. The lowest BCUT2D eigenvalue weighted by Crippen LogP contribution is -2.58. The normalized spacial score (nSPS) is 14.4. The molecule has 1 N–H and O–H groups in total. The molecule has 0 saturated carbocycles. The van der Waals surface area contributed by atoms with Crippen LogP contribution in [0.4, 0.5) is 0 Å². The van der Waals surface area contributed by atoms with Crippen molar-refractivity contribution in [2.45, 2.75) is 32.0 Å². The first-order valence-corrected chi connectivity index (χ1v) is 6.95. The molecular formula is C17H20O5. The Kier molecular flexibility index (Phi) is 4.28. The van der Waals surface area contributed by atoms with Crippen LogP contribution in [0, 0.1) is 0 Å². The van der Waals surface area contributed by atoms with Crippen molar-refractivity contribution in [2.24, 2.45) is 0 Å². The lowest BCUT2D eigenvalue weighted by Gasteiger charge is -2.37. The molecule has 2 rings (SSSR count). The zero-order valence-corrected chi connectivity index (χ0v) is 13.0. The minimum Gasteiger partial charge on any atom is -0.469 e. The van der Waals surface area contributed by atoms with Gasteiger partial charge in [0.05, 0.1) is 5.39 Å². The molecule has 0 spiro atoms. The molecule has 1 heterocycles. The Morgan fingerprint density at radius 1 is 1.36 bits per heavy atom. The van der Waals surface area contributed by atoms with E-state index in [-0.39, 0.29) is 6.61 Å². The van der Waals surface area contributed by atoms with Crippen LogP contribution in [0.2, 0.25) is 0 Å². The summed E-state index contributed by atoms with van der Waals surface area (Å²) in [4.78, 5) is 12.3. The van der Waals surface area contributed by atoms with Crippen LogP contribution < -0.4 is 4.74 Å². The summed E-state index contributed by atoms with van der Waals surface area (Å²) in [7, 11) is 0. The number of para-hydroxylation sites is 1. The number of carbonyl (C=O) groups is 1. The molecule has 0 saturated heterocycles. The monoisotopic (exact) mass is 304 g/mol. The van der Waals surface area contributed by atoms with Gasteiger partial charge in [-0.1, -0.05) is 24.8 Å². The van der Waals surface area contributed by atoms with Crippen LogP contribution in [0.1, 0.15) is 20.8 Å². The van der Waals surface area contributed by atoms with Crippen molar-refractivity contribution in [3.8, 4) is 5.75 Å². The fourth-order valence-corrected chi connectivity index (χ4v) is 1.94. The molecule has 5 heteroatoms. The minimum atomic E-state index is -1.59. The molecule has 0 amide bonds. The quantitative estimate of drug-likeness (QED) is 0.656. The summed E-state index contributed by atoms with van der Waals surface area (Å²) in [5, 5.41) is 11.1. The summed E-state index contributed by atoms with van der Waals surface area (Å²) in [6, 6.07) is 7.28. The lowest BCUT2D eigenvalue weighted by molar-refractivity contribution is -0.180. The maximum atomic E-state index is 12.3. The van der Waals surface area contributed by atoms with Crippen LogP contribution in [0.15, 0.2) is 47.6 Å². The molecule has 0 aliphatic rings. The first-order valence-electron chi connectivity index (χ1n) is 6.95. The average Bonchev–Trinajstić information content (AvgIpc) is 2.86. The third kappa shape index (κ3) is 2.85. The fourth-order valence-electron chi connectivity index (χ4n) is 1.94. The molecule has 118 valence electrons. The molecule has 1 atom stereocenters. The van der Waals surface area contributed by atoms with Crippen LogP contribution in [0.5, 0.6) is 5.75 Å². The Labute approximate surface area is 129 Å². The molecule has 2 aromatic rings. The predicted molar refractivity (Wildman–Crippen MR) is 82.7 cm³/mol. The standard InChI is InChI=1S/C17H20O5/c1-5-10-20-15(18)17(4,16(2,3)19)22-14-11-21-13-9-7-6-8-12(13)14/h5-9,11,19H,1,10H2,2-4H3. The Bertz CT molecular complexity index is 680. The molecule has 1 aromatic heterocycles. The second-order valence-corrected chi connectivity index (χ2v) is 5.68. The Morgan fingerprint density at radius 2 is 2.05 bits per heavy atom. The van der Waals surface area contributed by atoms with Crippen LogP contribution >= 0.6 is 0 Å². The molecule has 1 aromatic carbocycles. The van der Waals surface area contributed by atoms with E-state index in [4.69, 9.17) is 13.9 Å². The second-order valence-electron chi connectivity index (χ2n) is 5.68. The van der Waals surface area contributed by atoms with Crippen molar-refractivity contribution in [1.29, 1.82) is 0 Å². The zero-order chi connectivity index (χ0) is 16.4. The van der Waals surface area contributed by atoms with Gasteiger partial charge in [0, 0.05) is 0 Å². The SMILES string of the molecule is C=CCOC(=O)C(C)(Oc1coc2ccccc12)C(C)(C)O. The largest absolute Gasteiger partial charge is 0.469 e. The smallest absolute Gasteiger partial charge is 0.353 e. The maximum Gasteiger partial charge on any atom is 0.353 e. The number of hydrogen-bond donors (Lipinski definition) is 1. The number of esters is 1. The highest BCUT2D eigenvalue weighted by atomic mass is 16.6. The highest BCUT2D eigenvalue weighted by Crippen LogP contribution is 2.35. The summed E-state index contributed by atoms with van der Waals surface area (Å²) in [6.45, 7) is 8.01. The van der Waals surface area contributed by atoms with E-state index in [1.54, 1.807) is 6.07 Å². The van der Waals surface area contributed by atoms with Crippen molar-refractivity contribution >= 4 is 16.9 Å². The van der Waals surface area contributed by atoms with Gasteiger partial charge >= 0.3 is 5.97 Å². The number of benzene rings is 1. The predicted octanol–water partition coefficient (Wildman–Crippen LogP) is 3.07. The van der Waals surface area contributed by atoms with E-state index in [0.717, 1.165) is 5.39 Å². The van der Waals surface area contributed by atoms with Gasteiger partial charge in [0.15, 0.2) is 5.75 Å². The van der Waals surface area contributed by atoms with Crippen molar-refractivity contribution in [3.05, 3.63) is 43.2 Å². The first kappa shape index (κ1) is 16.1.